The molecule has 0 bridgehead atoms. The molecule has 0 aliphatic carbocycles. The molecule has 0 aromatic heterocycles. The second-order valence-corrected chi connectivity index (χ2v) is 24.1. The monoisotopic (exact) mass is 1130 g/mol. The van der Waals surface area contributed by atoms with E-state index in [4.69, 9.17) is 14.2 Å². The molecule has 0 aliphatic rings. The Labute approximate surface area is 504 Å². The van der Waals surface area contributed by atoms with Gasteiger partial charge in [-0.1, -0.05) is 332 Å². The Kier molecular flexibility index (Phi) is 67.1. The molecular weight excluding hydrogens is 997 g/mol. The van der Waals surface area contributed by atoms with Crippen LogP contribution in [0.1, 0.15) is 380 Å². The van der Waals surface area contributed by atoms with E-state index in [2.05, 4.69) is 81.5 Å². The Morgan fingerprint density at radius 1 is 0.247 bits per heavy atom. The zero-order valence-corrected chi connectivity index (χ0v) is 54.3. The molecule has 0 amide bonds. The largest absolute Gasteiger partial charge is 0.462 e. The molecule has 81 heavy (non-hydrogen) atoms. The first-order chi connectivity index (χ1) is 40.0. The lowest BCUT2D eigenvalue weighted by Crippen LogP contribution is -2.30. The number of carbonyl (C=O) groups is 3. The molecule has 0 spiro atoms. The summed E-state index contributed by atoms with van der Waals surface area (Å²) in [6, 6.07) is 0. The molecule has 0 N–H and O–H groups in total. The molecule has 0 rings (SSSR count). The Morgan fingerprint density at radius 2 is 0.444 bits per heavy atom. The minimum absolute atomic E-state index is 0.0729. The molecule has 0 fully saturated rings. The van der Waals surface area contributed by atoms with Crippen molar-refractivity contribution in [2.45, 2.75) is 386 Å². The predicted molar refractivity (Wildman–Crippen MR) is 353 cm³/mol. The van der Waals surface area contributed by atoms with Crippen LogP contribution in [0.15, 0.2) is 60.8 Å². The van der Waals surface area contributed by atoms with Gasteiger partial charge in [0, 0.05) is 19.3 Å². The van der Waals surface area contributed by atoms with Gasteiger partial charge < -0.3 is 14.2 Å². The number of carbonyl (C=O) groups excluding carboxylic acids is 3. The van der Waals surface area contributed by atoms with Crippen molar-refractivity contribution >= 4 is 17.9 Å². The smallest absolute Gasteiger partial charge is 0.306 e. The molecule has 0 saturated carbocycles. The third-order valence-electron chi connectivity index (χ3n) is 16.0. The summed E-state index contributed by atoms with van der Waals surface area (Å²) in [5.41, 5.74) is 0. The van der Waals surface area contributed by atoms with Gasteiger partial charge in [0.1, 0.15) is 13.2 Å². The summed E-state index contributed by atoms with van der Waals surface area (Å²) in [7, 11) is 0. The topological polar surface area (TPSA) is 78.9 Å². The third kappa shape index (κ3) is 67.8. The molecule has 1 atom stereocenters. The first kappa shape index (κ1) is 78.1. The number of rotatable bonds is 66. The van der Waals surface area contributed by atoms with Gasteiger partial charge in [0.05, 0.1) is 0 Å². The van der Waals surface area contributed by atoms with E-state index in [0.29, 0.717) is 19.3 Å². The maximum absolute atomic E-state index is 13.0. The van der Waals surface area contributed by atoms with Crippen molar-refractivity contribution < 1.29 is 28.6 Å². The second-order valence-electron chi connectivity index (χ2n) is 24.1. The zero-order chi connectivity index (χ0) is 58.5. The van der Waals surface area contributed by atoms with E-state index in [1.807, 2.05) is 0 Å². The Hall–Kier alpha value is -2.89. The van der Waals surface area contributed by atoms with Crippen LogP contribution >= 0.6 is 0 Å². The number of unbranched alkanes of at least 4 members (excludes halogenated alkanes) is 45. The van der Waals surface area contributed by atoms with Crippen molar-refractivity contribution in [1.82, 2.24) is 0 Å². The van der Waals surface area contributed by atoms with Gasteiger partial charge in [-0.2, -0.15) is 0 Å². The lowest BCUT2D eigenvalue weighted by molar-refractivity contribution is -0.167. The van der Waals surface area contributed by atoms with Crippen molar-refractivity contribution in [2.24, 2.45) is 0 Å². The fourth-order valence-corrected chi connectivity index (χ4v) is 10.6. The summed E-state index contributed by atoms with van der Waals surface area (Å²) in [5.74, 6) is -0.855. The van der Waals surface area contributed by atoms with Crippen molar-refractivity contribution in [2.75, 3.05) is 13.2 Å². The van der Waals surface area contributed by atoms with E-state index >= 15 is 0 Å². The number of allylic oxidation sites excluding steroid dienone is 10. The van der Waals surface area contributed by atoms with Crippen LogP contribution in [0, 0.1) is 0 Å². The van der Waals surface area contributed by atoms with Crippen LogP contribution in [0.4, 0.5) is 0 Å². The fraction of sp³-hybridized carbons (Fsp3) is 0.827. The van der Waals surface area contributed by atoms with Crippen molar-refractivity contribution in [1.29, 1.82) is 0 Å². The van der Waals surface area contributed by atoms with Crippen LogP contribution < -0.4 is 0 Å². The molecule has 6 nitrogen and oxygen atoms in total. The molecule has 0 aromatic rings. The average Bonchev–Trinajstić information content (AvgIpc) is 3.47. The van der Waals surface area contributed by atoms with E-state index in [0.717, 1.165) is 77.0 Å². The number of ether oxygens (including phenoxy) is 3. The summed E-state index contributed by atoms with van der Waals surface area (Å²) >= 11 is 0. The lowest BCUT2D eigenvalue weighted by Gasteiger charge is -2.18. The van der Waals surface area contributed by atoms with E-state index in [-0.39, 0.29) is 31.1 Å². The van der Waals surface area contributed by atoms with Gasteiger partial charge >= 0.3 is 17.9 Å². The van der Waals surface area contributed by atoms with E-state index < -0.39 is 6.10 Å². The quantitative estimate of drug-likeness (QED) is 0.0261. The normalized spacial score (nSPS) is 12.4. The van der Waals surface area contributed by atoms with Crippen LogP contribution in [0.25, 0.3) is 0 Å². The van der Waals surface area contributed by atoms with Crippen LogP contribution in [-0.4, -0.2) is 37.2 Å². The van der Waals surface area contributed by atoms with Gasteiger partial charge in [-0.05, 0) is 89.9 Å². The highest BCUT2D eigenvalue weighted by Crippen LogP contribution is 2.18. The lowest BCUT2D eigenvalue weighted by atomic mass is 10.0. The summed E-state index contributed by atoms with van der Waals surface area (Å²) in [6.45, 7) is 6.67. The van der Waals surface area contributed by atoms with Gasteiger partial charge in [0.15, 0.2) is 6.10 Å². The average molecular weight is 1130 g/mol. The van der Waals surface area contributed by atoms with E-state index in [9.17, 15) is 14.4 Å². The van der Waals surface area contributed by atoms with Gasteiger partial charge in [0.25, 0.3) is 0 Å². The van der Waals surface area contributed by atoms with Crippen LogP contribution in [-0.2, 0) is 28.6 Å². The highest BCUT2D eigenvalue weighted by Gasteiger charge is 2.19. The van der Waals surface area contributed by atoms with Crippen molar-refractivity contribution in [3.05, 3.63) is 60.8 Å². The fourth-order valence-electron chi connectivity index (χ4n) is 10.6. The van der Waals surface area contributed by atoms with Crippen molar-refractivity contribution in [3.63, 3.8) is 0 Å². The predicted octanol–water partition coefficient (Wildman–Crippen LogP) is 24.7. The Morgan fingerprint density at radius 3 is 0.716 bits per heavy atom. The summed E-state index contributed by atoms with van der Waals surface area (Å²) in [6.07, 6.45) is 89.5. The molecule has 6 heteroatoms. The molecular formula is C75H136O6. The molecule has 0 aliphatic heterocycles. The van der Waals surface area contributed by atoms with Gasteiger partial charge in [0.2, 0.25) is 0 Å². The highest BCUT2D eigenvalue weighted by atomic mass is 16.6. The molecule has 0 heterocycles. The molecule has 0 radical (unpaired) electrons. The van der Waals surface area contributed by atoms with Gasteiger partial charge in [-0.3, -0.25) is 14.4 Å². The second kappa shape index (κ2) is 69.6. The first-order valence-electron chi connectivity index (χ1n) is 35.8. The number of hydrogen-bond donors (Lipinski definition) is 0. The molecule has 472 valence electrons. The summed E-state index contributed by atoms with van der Waals surface area (Å²) in [4.78, 5) is 38.5. The molecule has 0 aromatic carbocycles. The minimum atomic E-state index is -0.779. The van der Waals surface area contributed by atoms with Crippen LogP contribution in [0.5, 0.6) is 0 Å². The SMILES string of the molecule is CCCCC/C=C\C/C=C\CCCCCCCCCCCC(=O)OC(COC(=O)CCCCCCCCCCCC/C=C\C/C=C\C/C=C\CCCCCCC)COC(=O)CCCCCCCCCCCCCCCCCCCCC. The third-order valence-corrected chi connectivity index (χ3v) is 16.0. The summed E-state index contributed by atoms with van der Waals surface area (Å²) < 4.78 is 17.0. The van der Waals surface area contributed by atoms with Crippen LogP contribution in [0.2, 0.25) is 0 Å². The van der Waals surface area contributed by atoms with Gasteiger partial charge in [-0.25, -0.2) is 0 Å². The minimum Gasteiger partial charge on any atom is -0.462 e. The zero-order valence-electron chi connectivity index (χ0n) is 54.3. The van der Waals surface area contributed by atoms with E-state index in [1.165, 1.54) is 263 Å². The Bertz CT molecular complexity index is 1440. The van der Waals surface area contributed by atoms with Crippen LogP contribution in [0.3, 0.4) is 0 Å². The molecule has 1 unspecified atom stereocenters. The Balaban J connectivity index is 4.33. The van der Waals surface area contributed by atoms with Gasteiger partial charge in [-0.15, -0.1) is 0 Å². The maximum Gasteiger partial charge on any atom is 0.306 e. The maximum atomic E-state index is 13.0. The first-order valence-corrected chi connectivity index (χ1v) is 35.8. The number of esters is 3. The standard InChI is InChI=1S/C75H136O6/c1-4-7-10-13-16-19-22-25-28-31-34-35-36-37-38-39-42-44-47-50-53-56-59-62-65-68-74(77)80-71-72(81-75(78)69-66-63-60-57-54-51-48-45-41-33-30-27-24-21-18-15-12-9-6-3)70-79-73(76)67-64-61-58-55-52-49-46-43-40-32-29-26-23-20-17-14-11-8-5-2/h18,21-22,25,27,30-31,34,36-37,72H,4-17,19-20,23-24,26,28-29,32-33,35,38-71H2,1-3H3/b21-18-,25-22-,30-27-,34-31-,37-36-. The summed E-state index contributed by atoms with van der Waals surface area (Å²) in [5, 5.41) is 0. The molecule has 0 saturated heterocycles. The highest BCUT2D eigenvalue weighted by molar-refractivity contribution is 5.71. The van der Waals surface area contributed by atoms with Crippen molar-refractivity contribution in [3.8, 4) is 0 Å². The van der Waals surface area contributed by atoms with E-state index in [1.54, 1.807) is 0 Å². The number of hydrogen-bond acceptors (Lipinski definition) is 6.